The average Bonchev–Trinajstić information content (AvgIpc) is 2.90. The number of hydrogen-bond acceptors (Lipinski definition) is 2. The normalized spacial score (nSPS) is 14.1. The lowest BCUT2D eigenvalue weighted by atomic mass is 10.0. The predicted octanol–water partition coefficient (Wildman–Crippen LogP) is 3.37. The van der Waals surface area contributed by atoms with Crippen LogP contribution < -0.4 is 11.1 Å². The number of carbonyl (C=O) groups is 1. The van der Waals surface area contributed by atoms with Gasteiger partial charge in [-0.1, -0.05) is 44.9 Å². The zero-order valence-corrected chi connectivity index (χ0v) is 14.4. The van der Waals surface area contributed by atoms with Crippen molar-refractivity contribution < 1.29 is 4.79 Å². The molecule has 1 amide bonds. The van der Waals surface area contributed by atoms with Crippen LogP contribution in [0.2, 0.25) is 0 Å². The molecule has 2 rings (SSSR count). The molecule has 1 aromatic carbocycles. The van der Waals surface area contributed by atoms with Crippen LogP contribution in [-0.4, -0.2) is 23.0 Å². The average molecular weight is 315 g/mol. The molecule has 0 aliphatic carbocycles. The Bertz CT molecular complexity index is 632. The summed E-state index contributed by atoms with van der Waals surface area (Å²) in [7, 11) is 0. The van der Waals surface area contributed by atoms with E-state index < -0.39 is 6.04 Å². The third-order valence-electron chi connectivity index (χ3n) is 4.26. The van der Waals surface area contributed by atoms with E-state index in [-0.39, 0.29) is 11.9 Å². The van der Waals surface area contributed by atoms with Crippen molar-refractivity contribution in [2.75, 3.05) is 0 Å². The lowest BCUT2D eigenvalue weighted by Crippen LogP contribution is -2.45. The minimum absolute atomic E-state index is 0.0627. The number of fused-ring (bicyclic) bond motifs is 1. The van der Waals surface area contributed by atoms with Crippen LogP contribution in [-0.2, 0) is 11.2 Å². The molecule has 1 aromatic heterocycles. The molecule has 126 valence electrons. The molecule has 4 N–H and O–H groups in total. The molecule has 1 heterocycles. The molecule has 0 saturated carbocycles. The van der Waals surface area contributed by atoms with Gasteiger partial charge in [0, 0.05) is 23.1 Å². The van der Waals surface area contributed by atoms with Crippen molar-refractivity contribution in [2.24, 2.45) is 11.7 Å². The summed E-state index contributed by atoms with van der Waals surface area (Å²) >= 11 is 0. The van der Waals surface area contributed by atoms with E-state index >= 15 is 0 Å². The Labute approximate surface area is 138 Å². The molecule has 0 saturated heterocycles. The smallest absolute Gasteiger partial charge is 0.237 e. The molecule has 23 heavy (non-hydrogen) atoms. The molecule has 0 spiro atoms. The molecule has 4 nitrogen and oxygen atoms in total. The van der Waals surface area contributed by atoms with Crippen LogP contribution in [0, 0.1) is 5.92 Å². The molecule has 0 bridgehead atoms. The number of amides is 1. The Hall–Kier alpha value is -1.81. The lowest BCUT2D eigenvalue weighted by Gasteiger charge is -2.18. The van der Waals surface area contributed by atoms with Gasteiger partial charge < -0.3 is 16.0 Å². The van der Waals surface area contributed by atoms with E-state index in [1.165, 1.54) is 6.42 Å². The fourth-order valence-electron chi connectivity index (χ4n) is 2.88. The molecule has 2 atom stereocenters. The van der Waals surface area contributed by atoms with E-state index in [9.17, 15) is 4.79 Å². The highest BCUT2D eigenvalue weighted by Gasteiger charge is 2.17. The maximum absolute atomic E-state index is 12.3. The Balaban J connectivity index is 1.85. The van der Waals surface area contributed by atoms with Crippen molar-refractivity contribution in [3.05, 3.63) is 36.0 Å². The summed E-state index contributed by atoms with van der Waals surface area (Å²) in [5.74, 6) is 0.648. The van der Waals surface area contributed by atoms with Crippen LogP contribution in [0.5, 0.6) is 0 Å². The number of para-hydroxylation sites is 1. The monoisotopic (exact) mass is 315 g/mol. The molecule has 0 fully saturated rings. The standard InChI is InChI=1S/C19H29N3O/c1-13(2)7-6-8-14(3)22-19(23)17(20)11-15-12-21-18-10-5-4-9-16(15)18/h4-5,9-10,12-14,17,21H,6-8,11,20H2,1-3H3,(H,22,23)/t14?,17-/m1/s1. The number of nitrogens with two attached hydrogens (primary N) is 1. The highest BCUT2D eigenvalue weighted by molar-refractivity contribution is 5.86. The molecule has 0 radical (unpaired) electrons. The van der Waals surface area contributed by atoms with Crippen LogP contribution in [0.1, 0.15) is 45.6 Å². The topological polar surface area (TPSA) is 70.9 Å². The number of benzene rings is 1. The fraction of sp³-hybridized carbons (Fsp3) is 0.526. The van der Waals surface area contributed by atoms with Crippen LogP contribution in [0.25, 0.3) is 10.9 Å². The minimum atomic E-state index is -0.512. The molecular weight excluding hydrogens is 286 g/mol. The van der Waals surface area contributed by atoms with Gasteiger partial charge in [-0.3, -0.25) is 4.79 Å². The Morgan fingerprint density at radius 1 is 1.22 bits per heavy atom. The zero-order valence-electron chi connectivity index (χ0n) is 14.4. The largest absolute Gasteiger partial charge is 0.361 e. The van der Waals surface area contributed by atoms with Crippen molar-refractivity contribution in [3.63, 3.8) is 0 Å². The van der Waals surface area contributed by atoms with Crippen molar-refractivity contribution >= 4 is 16.8 Å². The van der Waals surface area contributed by atoms with Crippen molar-refractivity contribution in [1.29, 1.82) is 0 Å². The lowest BCUT2D eigenvalue weighted by molar-refractivity contribution is -0.123. The van der Waals surface area contributed by atoms with E-state index in [1.54, 1.807) is 0 Å². The summed E-state index contributed by atoms with van der Waals surface area (Å²) in [6.45, 7) is 6.50. The first kappa shape index (κ1) is 17.5. The van der Waals surface area contributed by atoms with Gasteiger partial charge in [0.2, 0.25) is 5.91 Å². The van der Waals surface area contributed by atoms with Gasteiger partial charge in [-0.2, -0.15) is 0 Å². The number of H-pyrrole nitrogens is 1. The molecule has 0 aliphatic heterocycles. The molecular formula is C19H29N3O. The third kappa shape index (κ3) is 5.10. The predicted molar refractivity (Wildman–Crippen MR) is 96.3 cm³/mol. The van der Waals surface area contributed by atoms with Gasteiger partial charge in [0.05, 0.1) is 6.04 Å². The highest BCUT2D eigenvalue weighted by Crippen LogP contribution is 2.18. The van der Waals surface area contributed by atoms with Gasteiger partial charge in [-0.25, -0.2) is 0 Å². The van der Waals surface area contributed by atoms with Crippen LogP contribution in [0.15, 0.2) is 30.5 Å². The second-order valence-electron chi connectivity index (χ2n) is 6.90. The molecule has 4 heteroatoms. The summed E-state index contributed by atoms with van der Waals surface area (Å²) in [6.07, 6.45) is 5.83. The third-order valence-corrected chi connectivity index (χ3v) is 4.26. The van der Waals surface area contributed by atoms with E-state index in [2.05, 4.69) is 37.1 Å². The Morgan fingerprint density at radius 3 is 2.70 bits per heavy atom. The molecule has 1 unspecified atom stereocenters. The summed E-state index contributed by atoms with van der Waals surface area (Å²) in [5.41, 5.74) is 8.27. The second-order valence-corrected chi connectivity index (χ2v) is 6.90. The first-order valence-corrected chi connectivity index (χ1v) is 8.58. The second kappa shape index (κ2) is 8.16. The number of nitrogens with one attached hydrogen (secondary N) is 2. The van der Waals surface area contributed by atoms with E-state index in [4.69, 9.17) is 5.73 Å². The number of hydrogen-bond donors (Lipinski definition) is 3. The number of rotatable bonds is 8. The van der Waals surface area contributed by atoms with E-state index in [0.717, 1.165) is 29.3 Å². The van der Waals surface area contributed by atoms with Gasteiger partial charge in [-0.15, -0.1) is 0 Å². The first-order chi connectivity index (χ1) is 11.0. The fourth-order valence-corrected chi connectivity index (χ4v) is 2.88. The van der Waals surface area contributed by atoms with E-state index in [0.29, 0.717) is 12.3 Å². The van der Waals surface area contributed by atoms with Gasteiger partial charge in [-0.05, 0) is 37.3 Å². The van der Waals surface area contributed by atoms with Gasteiger partial charge >= 0.3 is 0 Å². The van der Waals surface area contributed by atoms with E-state index in [1.807, 2.05) is 24.4 Å². The number of carbonyl (C=O) groups excluding carboxylic acids is 1. The molecule has 2 aromatic rings. The number of aromatic amines is 1. The van der Waals surface area contributed by atoms with Crippen molar-refractivity contribution in [1.82, 2.24) is 10.3 Å². The Morgan fingerprint density at radius 2 is 1.96 bits per heavy atom. The SMILES string of the molecule is CC(C)CCCC(C)NC(=O)[C@H](N)Cc1c[nH]c2ccccc12. The summed E-state index contributed by atoms with van der Waals surface area (Å²) in [5, 5.41) is 4.18. The maximum Gasteiger partial charge on any atom is 0.237 e. The summed E-state index contributed by atoms with van der Waals surface area (Å²) in [6, 6.07) is 7.74. The summed E-state index contributed by atoms with van der Waals surface area (Å²) in [4.78, 5) is 15.5. The van der Waals surface area contributed by atoms with Crippen LogP contribution >= 0.6 is 0 Å². The Kier molecular flexibility index (Phi) is 6.22. The van der Waals surface area contributed by atoms with Crippen molar-refractivity contribution in [2.45, 2.75) is 58.5 Å². The summed E-state index contributed by atoms with van der Waals surface area (Å²) < 4.78 is 0. The van der Waals surface area contributed by atoms with Crippen molar-refractivity contribution in [3.8, 4) is 0 Å². The van der Waals surface area contributed by atoms with Gasteiger partial charge in [0.1, 0.15) is 0 Å². The zero-order chi connectivity index (χ0) is 16.8. The van der Waals surface area contributed by atoms with Crippen LogP contribution in [0.3, 0.4) is 0 Å². The first-order valence-electron chi connectivity index (χ1n) is 8.58. The molecule has 0 aliphatic rings. The highest BCUT2D eigenvalue weighted by atomic mass is 16.2. The minimum Gasteiger partial charge on any atom is -0.361 e. The maximum atomic E-state index is 12.3. The quantitative estimate of drug-likeness (QED) is 0.699. The van der Waals surface area contributed by atoms with Gasteiger partial charge in [0.25, 0.3) is 0 Å². The number of aromatic nitrogens is 1. The van der Waals surface area contributed by atoms with Crippen LogP contribution in [0.4, 0.5) is 0 Å². The van der Waals surface area contributed by atoms with Gasteiger partial charge in [0.15, 0.2) is 0 Å².